The maximum absolute atomic E-state index is 5.47. The summed E-state index contributed by atoms with van der Waals surface area (Å²) in [5, 5.41) is 2.20. The smallest absolute Gasteiger partial charge is 0.193 e. The largest absolute Gasteiger partial charge is 0.404 e. The van der Waals surface area contributed by atoms with Crippen LogP contribution < -0.4 is 11.0 Å². The van der Waals surface area contributed by atoms with Crippen LogP contribution in [0.5, 0.6) is 0 Å². The summed E-state index contributed by atoms with van der Waals surface area (Å²) in [6, 6.07) is 25.7. The van der Waals surface area contributed by atoms with Gasteiger partial charge in [0.05, 0.1) is 22.3 Å². The maximum atomic E-state index is 5.47. The number of benzene rings is 3. The Hall–Kier alpha value is -5.50. The van der Waals surface area contributed by atoms with Gasteiger partial charge in [-0.05, 0) is 49.2 Å². The van der Waals surface area contributed by atoms with Crippen molar-refractivity contribution < 1.29 is 9.15 Å². The van der Waals surface area contributed by atoms with Crippen LogP contribution in [-0.4, -0.2) is 41.6 Å². The van der Waals surface area contributed by atoms with Crippen molar-refractivity contribution in [2.75, 3.05) is 0 Å². The Morgan fingerprint density at radius 1 is 0.537 bits per heavy atom. The minimum absolute atomic E-state index is 0.843. The van der Waals surface area contributed by atoms with Crippen molar-refractivity contribution in [2.45, 2.75) is 18.8 Å². The molecule has 0 amide bonds. The Labute approximate surface area is 231 Å². The lowest BCUT2D eigenvalue weighted by atomic mass is 10.0. The highest BCUT2D eigenvalue weighted by Gasteiger charge is 2.69. The minimum Gasteiger partial charge on any atom is -0.193 e. The van der Waals surface area contributed by atoms with Crippen molar-refractivity contribution in [2.24, 2.45) is 20.0 Å². The molecule has 0 unspecified atom stereocenters. The molecule has 1 aliphatic carbocycles. The van der Waals surface area contributed by atoms with E-state index in [1.54, 1.807) is 0 Å². The fraction of sp³-hybridized carbons (Fsp3) is 0.0909. The molecule has 2 aromatic heterocycles. The van der Waals surface area contributed by atoms with Crippen LogP contribution in [0.3, 0.4) is 0 Å². The second-order valence-electron chi connectivity index (χ2n) is 11.5. The summed E-state index contributed by atoms with van der Waals surface area (Å²) < 4.78 is 9.47. The SMILES string of the molecule is C1=CCc2c(c3n4c2N=C2c5ccccc5C5=[N+]2C42n4c(c6ccccc6c4=N5)=NC4=[N+]2C(=N3)c2ccccc24)C1. The monoisotopic (exact) mass is 526 g/mol. The second-order valence-corrected chi connectivity index (χ2v) is 11.5. The molecular weight excluding hydrogens is 508 g/mol. The molecule has 1 spiro atoms. The van der Waals surface area contributed by atoms with Gasteiger partial charge in [-0.25, -0.2) is 0 Å². The molecule has 0 radical (unpaired) electrons. The summed E-state index contributed by atoms with van der Waals surface area (Å²) >= 11 is 0. The van der Waals surface area contributed by atoms with Crippen molar-refractivity contribution in [1.82, 2.24) is 9.13 Å². The molecular formula is C33H18N8+2. The topological polar surface area (TPSA) is 65.3 Å². The number of hydrogen-bond donors (Lipinski definition) is 0. The molecule has 0 fully saturated rings. The van der Waals surface area contributed by atoms with Gasteiger partial charge in [0.2, 0.25) is 22.6 Å². The molecule has 12 rings (SSSR count). The van der Waals surface area contributed by atoms with Crippen LogP contribution in [0.4, 0.5) is 11.6 Å². The van der Waals surface area contributed by atoms with Crippen molar-refractivity contribution in [3.63, 3.8) is 0 Å². The molecule has 3 aromatic carbocycles. The highest BCUT2D eigenvalue weighted by atomic mass is 15.7. The minimum atomic E-state index is -0.883. The summed E-state index contributed by atoms with van der Waals surface area (Å²) in [6.45, 7) is 0. The highest BCUT2D eigenvalue weighted by molar-refractivity contribution is 6.18. The summed E-state index contributed by atoms with van der Waals surface area (Å²) in [5.41, 5.74) is 8.78. The van der Waals surface area contributed by atoms with Gasteiger partial charge in [0.1, 0.15) is 0 Å². The van der Waals surface area contributed by atoms with Crippen LogP contribution in [0.2, 0.25) is 0 Å². The second kappa shape index (κ2) is 5.97. The number of hydrogen-bond acceptors (Lipinski definition) is 4. The van der Waals surface area contributed by atoms with Crippen LogP contribution in [0.25, 0.3) is 10.8 Å². The van der Waals surface area contributed by atoms with Gasteiger partial charge in [-0.15, -0.1) is 9.15 Å². The number of nitrogens with zero attached hydrogens (tertiary/aromatic N) is 8. The van der Waals surface area contributed by atoms with Crippen molar-refractivity contribution in [3.05, 3.63) is 129 Å². The molecule has 8 heteroatoms. The van der Waals surface area contributed by atoms with Gasteiger partial charge < -0.3 is 0 Å². The third-order valence-corrected chi connectivity index (χ3v) is 9.68. The summed E-state index contributed by atoms with van der Waals surface area (Å²) in [5.74, 6) is 4.79. The van der Waals surface area contributed by atoms with E-state index in [0.717, 1.165) is 91.8 Å². The number of allylic oxidation sites excluding steroid dienone is 2. The normalized spacial score (nSPS) is 19.6. The van der Waals surface area contributed by atoms with E-state index in [0.29, 0.717) is 0 Å². The standard InChI is InChI=1S/C33H18N8/c1-2-10-18-17(9-1)25-34-27-19-11-3-4-12-20(19)29-36-31-23-15-7-8-16-24(23)32-37-30-22-14-6-5-13-21(22)28-35-26(18)38(25)33(39(27)29,40(28)30)41(31)32/h1-14H,15-16H2/q+2. The molecule has 0 N–H and O–H groups in total. The Bertz CT molecular complexity index is 2360. The Morgan fingerprint density at radius 3 is 1.51 bits per heavy atom. The van der Waals surface area contributed by atoms with Gasteiger partial charge in [0.25, 0.3) is 23.3 Å². The molecule has 0 saturated carbocycles. The van der Waals surface area contributed by atoms with E-state index in [4.69, 9.17) is 20.0 Å². The van der Waals surface area contributed by atoms with Crippen molar-refractivity contribution in [1.29, 1.82) is 0 Å². The van der Waals surface area contributed by atoms with E-state index in [1.807, 2.05) is 0 Å². The first-order valence-corrected chi connectivity index (χ1v) is 14.1. The Balaban J connectivity index is 1.43. The molecule has 8 nitrogen and oxygen atoms in total. The zero-order valence-electron chi connectivity index (χ0n) is 21.6. The molecule has 8 heterocycles. The van der Waals surface area contributed by atoms with Gasteiger partial charge in [-0.2, -0.15) is 9.13 Å². The van der Waals surface area contributed by atoms with Gasteiger partial charge in [-0.1, -0.05) is 68.5 Å². The maximum Gasteiger partial charge on any atom is 0.404 e. The number of amidine groups is 4. The molecule has 6 aliphatic heterocycles. The Morgan fingerprint density at radius 2 is 1.00 bits per heavy atom. The van der Waals surface area contributed by atoms with Crippen LogP contribution in [0.1, 0.15) is 33.4 Å². The van der Waals surface area contributed by atoms with E-state index < -0.39 is 5.91 Å². The fourth-order valence-electron chi connectivity index (χ4n) is 8.15. The van der Waals surface area contributed by atoms with Crippen molar-refractivity contribution in [3.8, 4) is 0 Å². The van der Waals surface area contributed by atoms with Gasteiger partial charge in [0.15, 0.2) is 0 Å². The lowest BCUT2D eigenvalue weighted by Crippen LogP contribution is -2.71. The predicted octanol–water partition coefficient (Wildman–Crippen LogP) is 3.21. The zero-order valence-corrected chi connectivity index (χ0v) is 21.6. The molecule has 5 aromatic rings. The molecule has 0 saturated heterocycles. The first-order chi connectivity index (χ1) is 20.4. The number of aliphatic imine (C=N–C) groups is 2. The molecule has 0 bridgehead atoms. The van der Waals surface area contributed by atoms with Gasteiger partial charge in [0, 0.05) is 21.9 Å². The van der Waals surface area contributed by atoms with Crippen LogP contribution in [0.15, 0.2) is 105 Å². The lowest BCUT2D eigenvalue weighted by Gasteiger charge is -2.40. The van der Waals surface area contributed by atoms with Crippen LogP contribution in [-0.2, 0) is 18.8 Å². The summed E-state index contributed by atoms with van der Waals surface area (Å²) in [6.07, 6.45) is 6.22. The number of rotatable bonds is 0. The molecule has 0 atom stereocenters. The van der Waals surface area contributed by atoms with E-state index in [2.05, 4.69) is 103 Å². The summed E-state index contributed by atoms with van der Waals surface area (Å²) in [4.78, 5) is 21.8. The molecule has 188 valence electrons. The third-order valence-electron chi connectivity index (χ3n) is 9.68. The third kappa shape index (κ3) is 1.79. The Kier molecular flexibility index (Phi) is 2.85. The van der Waals surface area contributed by atoms with E-state index in [-0.39, 0.29) is 0 Å². The van der Waals surface area contributed by atoms with E-state index in [9.17, 15) is 0 Å². The molecule has 7 aliphatic rings. The van der Waals surface area contributed by atoms with Gasteiger partial charge in [-0.3, -0.25) is 0 Å². The number of aromatic nitrogens is 2. The van der Waals surface area contributed by atoms with Crippen LogP contribution in [0, 0.1) is 0 Å². The van der Waals surface area contributed by atoms with E-state index in [1.165, 1.54) is 11.1 Å². The molecule has 41 heavy (non-hydrogen) atoms. The lowest BCUT2D eigenvalue weighted by molar-refractivity contribution is -0.790. The highest BCUT2D eigenvalue weighted by Crippen LogP contribution is 2.52. The van der Waals surface area contributed by atoms with Gasteiger partial charge >= 0.3 is 5.91 Å². The first kappa shape index (κ1) is 19.5. The summed E-state index contributed by atoms with van der Waals surface area (Å²) in [7, 11) is 0. The average molecular weight is 527 g/mol. The average Bonchev–Trinajstić information content (AvgIpc) is 3.74. The quantitative estimate of drug-likeness (QED) is 0.220. The predicted molar refractivity (Wildman–Crippen MR) is 153 cm³/mol. The number of fused-ring (bicyclic) bond motifs is 12. The van der Waals surface area contributed by atoms with E-state index >= 15 is 0 Å². The zero-order chi connectivity index (χ0) is 26.2. The van der Waals surface area contributed by atoms with Crippen LogP contribution >= 0.6 is 0 Å². The first-order valence-electron chi connectivity index (χ1n) is 14.1. The van der Waals surface area contributed by atoms with Crippen molar-refractivity contribution >= 4 is 45.8 Å². The fourth-order valence-corrected chi connectivity index (χ4v) is 8.15.